The van der Waals surface area contributed by atoms with Gasteiger partial charge in [0.1, 0.15) is 6.17 Å². The molecule has 1 aliphatic heterocycles. The van der Waals surface area contributed by atoms with Crippen LogP contribution in [0.15, 0.2) is 36.4 Å². The predicted molar refractivity (Wildman–Crippen MR) is 84.3 cm³/mol. The van der Waals surface area contributed by atoms with Gasteiger partial charge in [0.25, 0.3) is 5.91 Å². The van der Waals surface area contributed by atoms with E-state index in [1.165, 1.54) is 7.11 Å². The van der Waals surface area contributed by atoms with Gasteiger partial charge in [0, 0.05) is 12.7 Å². The zero-order valence-corrected chi connectivity index (χ0v) is 12.8. The molecule has 22 heavy (non-hydrogen) atoms. The van der Waals surface area contributed by atoms with E-state index < -0.39 is 0 Å². The Morgan fingerprint density at radius 2 is 2.05 bits per heavy atom. The molecule has 5 nitrogen and oxygen atoms in total. The van der Waals surface area contributed by atoms with Crippen LogP contribution in [0.5, 0.6) is 11.5 Å². The Morgan fingerprint density at radius 1 is 1.27 bits per heavy atom. The maximum Gasteiger partial charge on any atom is 0.257 e. The Balaban J connectivity index is 2.03. The molecule has 0 saturated carbocycles. The molecule has 0 aromatic heterocycles. The summed E-state index contributed by atoms with van der Waals surface area (Å²) in [7, 11) is 3.25. The number of phenols is 1. The van der Waals surface area contributed by atoms with E-state index in [2.05, 4.69) is 5.32 Å². The summed E-state index contributed by atoms with van der Waals surface area (Å²) in [5, 5.41) is 13.3. The molecular weight excluding hydrogens is 280 g/mol. The van der Waals surface area contributed by atoms with Gasteiger partial charge in [-0.15, -0.1) is 0 Å². The SMILES string of the molecule is COc1ccc(C2Nc3cccc(C)c3C(=O)N2C)cc1O. The average Bonchev–Trinajstić information content (AvgIpc) is 2.50. The monoisotopic (exact) mass is 298 g/mol. The number of carbonyl (C=O) groups is 1. The standard InChI is InChI=1S/C17H18N2O3/c1-10-5-4-6-12-15(10)17(21)19(2)16(18-12)11-7-8-14(22-3)13(20)9-11/h4-9,16,18,20H,1-3H3. The molecule has 0 radical (unpaired) electrons. The summed E-state index contributed by atoms with van der Waals surface area (Å²) < 4.78 is 5.06. The van der Waals surface area contributed by atoms with Crippen molar-refractivity contribution in [2.24, 2.45) is 0 Å². The average molecular weight is 298 g/mol. The number of fused-ring (bicyclic) bond motifs is 1. The summed E-state index contributed by atoms with van der Waals surface area (Å²) in [5.41, 5.74) is 3.24. The molecule has 1 atom stereocenters. The second-order valence-corrected chi connectivity index (χ2v) is 5.39. The van der Waals surface area contributed by atoms with Crippen molar-refractivity contribution in [3.05, 3.63) is 53.1 Å². The lowest BCUT2D eigenvalue weighted by Crippen LogP contribution is -2.40. The number of nitrogens with one attached hydrogen (secondary N) is 1. The summed E-state index contributed by atoms with van der Waals surface area (Å²) in [5.74, 6) is 0.426. The van der Waals surface area contributed by atoms with Gasteiger partial charge in [-0.25, -0.2) is 0 Å². The number of rotatable bonds is 2. The number of methoxy groups -OCH3 is 1. The first kappa shape index (κ1) is 14.3. The Bertz CT molecular complexity index is 743. The van der Waals surface area contributed by atoms with Crippen LogP contribution < -0.4 is 10.1 Å². The fourth-order valence-electron chi connectivity index (χ4n) is 2.79. The van der Waals surface area contributed by atoms with Gasteiger partial charge in [-0.1, -0.05) is 18.2 Å². The number of amides is 1. The van der Waals surface area contributed by atoms with Crippen molar-refractivity contribution in [3.8, 4) is 11.5 Å². The van der Waals surface area contributed by atoms with E-state index in [9.17, 15) is 9.90 Å². The minimum atomic E-state index is -0.335. The second-order valence-electron chi connectivity index (χ2n) is 5.39. The molecule has 114 valence electrons. The highest BCUT2D eigenvalue weighted by Gasteiger charge is 2.31. The Hall–Kier alpha value is -2.69. The van der Waals surface area contributed by atoms with Crippen LogP contribution in [0.2, 0.25) is 0 Å². The van der Waals surface area contributed by atoms with Crippen LogP contribution in [-0.2, 0) is 0 Å². The fourth-order valence-corrected chi connectivity index (χ4v) is 2.79. The molecule has 2 N–H and O–H groups in total. The molecule has 0 aliphatic carbocycles. The first-order valence-corrected chi connectivity index (χ1v) is 7.03. The molecule has 0 fully saturated rings. The summed E-state index contributed by atoms with van der Waals surface area (Å²) in [6.45, 7) is 1.92. The molecule has 2 aromatic carbocycles. The smallest absolute Gasteiger partial charge is 0.257 e. The lowest BCUT2D eigenvalue weighted by atomic mass is 10.00. The van der Waals surface area contributed by atoms with Gasteiger partial charge in [-0.05, 0) is 36.2 Å². The van der Waals surface area contributed by atoms with E-state index in [0.717, 1.165) is 16.8 Å². The molecule has 1 aliphatic rings. The van der Waals surface area contributed by atoms with Gasteiger partial charge in [0.2, 0.25) is 0 Å². The molecule has 0 bridgehead atoms. The molecule has 0 saturated heterocycles. The third-order valence-electron chi connectivity index (χ3n) is 4.01. The second kappa shape index (κ2) is 5.26. The first-order valence-electron chi connectivity index (χ1n) is 7.03. The van der Waals surface area contributed by atoms with Crippen molar-refractivity contribution in [1.29, 1.82) is 0 Å². The van der Waals surface area contributed by atoms with Gasteiger partial charge in [0.05, 0.1) is 12.7 Å². The molecular formula is C17H18N2O3. The number of ether oxygens (including phenoxy) is 1. The molecule has 5 heteroatoms. The van der Waals surface area contributed by atoms with Crippen LogP contribution in [0.3, 0.4) is 0 Å². The van der Waals surface area contributed by atoms with Crippen LogP contribution in [0.4, 0.5) is 5.69 Å². The van der Waals surface area contributed by atoms with E-state index in [1.807, 2.05) is 31.2 Å². The van der Waals surface area contributed by atoms with Crippen molar-refractivity contribution in [2.75, 3.05) is 19.5 Å². The first-order chi connectivity index (χ1) is 10.5. The van der Waals surface area contributed by atoms with Crippen molar-refractivity contribution in [2.45, 2.75) is 13.1 Å². The van der Waals surface area contributed by atoms with Crippen LogP contribution in [0, 0.1) is 6.92 Å². The molecule has 1 amide bonds. The molecule has 0 spiro atoms. The fraction of sp³-hybridized carbons (Fsp3) is 0.235. The van der Waals surface area contributed by atoms with Gasteiger partial charge in [-0.3, -0.25) is 4.79 Å². The van der Waals surface area contributed by atoms with Gasteiger partial charge in [0.15, 0.2) is 11.5 Å². The van der Waals surface area contributed by atoms with Crippen molar-refractivity contribution >= 4 is 11.6 Å². The third-order valence-corrected chi connectivity index (χ3v) is 4.01. The maximum atomic E-state index is 12.6. The topological polar surface area (TPSA) is 61.8 Å². The highest BCUT2D eigenvalue weighted by atomic mass is 16.5. The van der Waals surface area contributed by atoms with Crippen molar-refractivity contribution in [3.63, 3.8) is 0 Å². The number of aromatic hydroxyl groups is 1. The maximum absolute atomic E-state index is 12.6. The number of phenolic OH excluding ortho intramolecular Hbond substituents is 1. The number of nitrogens with zero attached hydrogens (tertiary/aromatic N) is 1. The lowest BCUT2D eigenvalue weighted by molar-refractivity contribution is 0.0734. The van der Waals surface area contributed by atoms with E-state index in [0.29, 0.717) is 11.3 Å². The zero-order chi connectivity index (χ0) is 15.9. The van der Waals surface area contributed by atoms with E-state index in [4.69, 9.17) is 4.74 Å². The predicted octanol–water partition coefficient (Wildman–Crippen LogP) is 2.91. The van der Waals surface area contributed by atoms with Crippen LogP contribution in [0.25, 0.3) is 0 Å². The number of hydrogen-bond acceptors (Lipinski definition) is 4. The number of hydrogen-bond donors (Lipinski definition) is 2. The molecule has 2 aromatic rings. The van der Waals surface area contributed by atoms with Gasteiger partial charge in [-0.2, -0.15) is 0 Å². The van der Waals surface area contributed by atoms with E-state index >= 15 is 0 Å². The van der Waals surface area contributed by atoms with E-state index in [1.54, 1.807) is 24.1 Å². The largest absolute Gasteiger partial charge is 0.504 e. The number of aryl methyl sites for hydroxylation is 1. The zero-order valence-electron chi connectivity index (χ0n) is 12.8. The van der Waals surface area contributed by atoms with Crippen LogP contribution >= 0.6 is 0 Å². The minimum Gasteiger partial charge on any atom is -0.504 e. The quantitative estimate of drug-likeness (QED) is 0.895. The normalized spacial score (nSPS) is 17.0. The summed E-state index contributed by atoms with van der Waals surface area (Å²) in [6.07, 6.45) is -0.335. The van der Waals surface area contributed by atoms with Crippen molar-refractivity contribution < 1.29 is 14.6 Å². The molecule has 3 rings (SSSR count). The van der Waals surface area contributed by atoms with Gasteiger partial charge >= 0.3 is 0 Å². The van der Waals surface area contributed by atoms with E-state index in [-0.39, 0.29) is 17.8 Å². The van der Waals surface area contributed by atoms with Crippen molar-refractivity contribution in [1.82, 2.24) is 4.90 Å². The summed E-state index contributed by atoms with van der Waals surface area (Å²) >= 11 is 0. The number of anilines is 1. The highest BCUT2D eigenvalue weighted by molar-refractivity contribution is 6.02. The lowest BCUT2D eigenvalue weighted by Gasteiger charge is -2.36. The number of carbonyl (C=O) groups excluding carboxylic acids is 1. The molecule has 1 unspecified atom stereocenters. The Kier molecular flexibility index (Phi) is 3.41. The van der Waals surface area contributed by atoms with Crippen LogP contribution in [0.1, 0.15) is 27.7 Å². The number of benzene rings is 2. The highest BCUT2D eigenvalue weighted by Crippen LogP contribution is 2.36. The third kappa shape index (κ3) is 2.15. The van der Waals surface area contributed by atoms with Crippen LogP contribution in [-0.4, -0.2) is 30.1 Å². The summed E-state index contributed by atoms with van der Waals surface area (Å²) in [4.78, 5) is 14.3. The molecule has 1 heterocycles. The summed E-state index contributed by atoms with van der Waals surface area (Å²) in [6, 6.07) is 10.9. The minimum absolute atomic E-state index is 0.0350. The Morgan fingerprint density at radius 3 is 2.73 bits per heavy atom. The Labute approximate surface area is 129 Å². The van der Waals surface area contributed by atoms with Gasteiger partial charge < -0.3 is 20.1 Å².